The first-order chi connectivity index (χ1) is 34.1. The minimum absolute atomic E-state index is 0.0485. The molecule has 0 radical (unpaired) electrons. The standard InChI is InChI=1S/C52H64N12O6/c53-48-44(32-41(56-58-48)38-13-6-7-16-43(38)65)70-37-12-11-26-62(33-37)36-19-17-35(18-20-36)61-30-28-60(29-31-61)25-8-4-2-1-3-5-9-27-63-34-45(57-59-63)52(23-24-52)55-40-15-10-14-39-47(40)51(69)64(50(39)68)42-21-22-46(66)54-49(42)67/h6-7,10,13-20,32,34,37,42,51,55,65,69H,1-5,8-9,11-12,21-31,33H2,(H2,53,58)(H,54,66,67). The normalized spacial score (nSPS) is 21.2. The van der Waals surface area contributed by atoms with Gasteiger partial charge in [-0.15, -0.1) is 15.3 Å². The van der Waals surface area contributed by atoms with E-state index in [1.54, 1.807) is 36.4 Å². The number of hydrogen-bond donors (Lipinski definition) is 5. The molecule has 10 rings (SSSR count). The van der Waals surface area contributed by atoms with Gasteiger partial charge in [0.1, 0.15) is 29.3 Å². The Morgan fingerprint density at radius 3 is 2.24 bits per heavy atom. The summed E-state index contributed by atoms with van der Waals surface area (Å²) in [5.74, 6) is -0.498. The van der Waals surface area contributed by atoms with Gasteiger partial charge in [0.15, 0.2) is 17.8 Å². The Bertz CT molecular complexity index is 2670. The third kappa shape index (κ3) is 10.2. The lowest BCUT2D eigenvalue weighted by Crippen LogP contribution is -2.53. The van der Waals surface area contributed by atoms with Crippen molar-refractivity contribution in [1.82, 2.24) is 40.3 Å². The number of phenols is 1. The lowest BCUT2D eigenvalue weighted by atomic mass is 10.0. The van der Waals surface area contributed by atoms with Gasteiger partial charge in [0, 0.05) is 85.5 Å². The Hall–Kier alpha value is -6.79. The number of nitrogens with one attached hydrogen (secondary N) is 2. The van der Waals surface area contributed by atoms with E-state index in [-0.39, 0.29) is 36.4 Å². The Labute approximate surface area is 408 Å². The first-order valence-corrected chi connectivity index (χ1v) is 25.2. The molecule has 18 heteroatoms. The zero-order valence-electron chi connectivity index (χ0n) is 39.7. The molecule has 3 amide bonds. The van der Waals surface area contributed by atoms with Crippen molar-refractivity contribution in [2.24, 2.45) is 0 Å². The van der Waals surface area contributed by atoms with Gasteiger partial charge in [-0.2, -0.15) is 0 Å². The van der Waals surface area contributed by atoms with E-state index in [0.717, 1.165) is 96.6 Å². The molecule has 3 atom stereocenters. The molecule has 0 spiro atoms. The number of fused-ring (bicyclic) bond motifs is 1. The highest BCUT2D eigenvalue weighted by Crippen LogP contribution is 2.50. The smallest absolute Gasteiger partial charge is 0.257 e. The molecule has 2 aromatic heterocycles. The number of aliphatic hydroxyl groups is 1. The van der Waals surface area contributed by atoms with Crippen LogP contribution in [0, 0.1) is 0 Å². The quantitative estimate of drug-likeness (QED) is 0.0475. The molecule has 18 nitrogen and oxygen atoms in total. The highest BCUT2D eigenvalue weighted by molar-refractivity contribution is 6.06. The number of nitrogen functional groups attached to an aromatic ring is 1. The number of unbranched alkanes of at least 4 members (excludes halogenated alkanes) is 6. The summed E-state index contributed by atoms with van der Waals surface area (Å²) in [6.07, 6.45) is 12.9. The fourth-order valence-corrected chi connectivity index (χ4v) is 10.6. The van der Waals surface area contributed by atoms with Gasteiger partial charge in [-0.05, 0) is 100 Å². The molecule has 4 fully saturated rings. The van der Waals surface area contributed by atoms with Crippen LogP contribution < -0.4 is 30.9 Å². The maximum absolute atomic E-state index is 13.4. The number of carbonyl (C=O) groups excluding carboxylic acids is 3. The van der Waals surface area contributed by atoms with E-state index in [0.29, 0.717) is 33.8 Å². The number of para-hydroxylation sites is 1. The summed E-state index contributed by atoms with van der Waals surface area (Å²) >= 11 is 0. The molecule has 3 aromatic carbocycles. The van der Waals surface area contributed by atoms with E-state index in [4.69, 9.17) is 10.5 Å². The highest BCUT2D eigenvalue weighted by atomic mass is 16.5. The third-order valence-electron chi connectivity index (χ3n) is 14.7. The number of piperazine rings is 1. The number of ether oxygens (including phenoxy) is 1. The van der Waals surface area contributed by atoms with Gasteiger partial charge in [0.2, 0.25) is 11.8 Å². The van der Waals surface area contributed by atoms with Crippen LogP contribution in [-0.2, 0) is 21.7 Å². The predicted molar refractivity (Wildman–Crippen MR) is 265 cm³/mol. The van der Waals surface area contributed by atoms with Gasteiger partial charge in [0.05, 0.1) is 18.3 Å². The number of rotatable bonds is 19. The van der Waals surface area contributed by atoms with Crippen LogP contribution in [0.25, 0.3) is 11.3 Å². The van der Waals surface area contributed by atoms with Crippen LogP contribution in [0.4, 0.5) is 22.9 Å². The minimum Gasteiger partial charge on any atom is -0.507 e. The van der Waals surface area contributed by atoms with E-state index in [1.165, 1.54) is 48.4 Å². The van der Waals surface area contributed by atoms with Crippen molar-refractivity contribution < 1.29 is 29.3 Å². The largest absolute Gasteiger partial charge is 0.507 e. The number of aryl methyl sites for hydroxylation is 1. The van der Waals surface area contributed by atoms with Crippen LogP contribution in [0.5, 0.6) is 11.5 Å². The second-order valence-electron chi connectivity index (χ2n) is 19.5. The SMILES string of the molecule is Nc1nnc(-c2ccccc2O)cc1OC1CCCN(c2ccc(N3CCN(CCCCCCCCCn4cc(C5(Nc6cccc7c6C(O)N(C6CCC(=O)NC6=O)C7=O)CC5)nn4)CC3)cc2)C1. The van der Waals surface area contributed by atoms with Gasteiger partial charge in [-0.3, -0.25) is 34.2 Å². The fraction of sp³-hybridized carbons (Fsp3) is 0.481. The highest BCUT2D eigenvalue weighted by Gasteiger charge is 2.50. The number of benzene rings is 3. The summed E-state index contributed by atoms with van der Waals surface area (Å²) in [6.45, 7) is 7.88. The lowest BCUT2D eigenvalue weighted by molar-refractivity contribution is -0.139. The average molecular weight is 953 g/mol. The summed E-state index contributed by atoms with van der Waals surface area (Å²) in [5, 5.41) is 44.8. The molecule has 368 valence electrons. The fourth-order valence-electron chi connectivity index (χ4n) is 10.6. The van der Waals surface area contributed by atoms with Crippen LogP contribution in [0.1, 0.15) is 111 Å². The summed E-state index contributed by atoms with van der Waals surface area (Å²) in [4.78, 5) is 46.4. The Morgan fingerprint density at radius 2 is 1.50 bits per heavy atom. The van der Waals surface area contributed by atoms with Gasteiger partial charge < -0.3 is 35.8 Å². The summed E-state index contributed by atoms with van der Waals surface area (Å²) in [5.41, 5.74) is 11.6. The van der Waals surface area contributed by atoms with Crippen LogP contribution in [0.15, 0.2) is 79.0 Å². The first kappa shape index (κ1) is 46.9. The zero-order valence-corrected chi connectivity index (χ0v) is 39.7. The van der Waals surface area contributed by atoms with Crippen molar-refractivity contribution in [2.75, 3.05) is 66.7 Å². The number of aromatic hydroxyl groups is 1. The van der Waals surface area contributed by atoms with Crippen LogP contribution in [0.3, 0.4) is 0 Å². The number of hydrogen-bond acceptors (Lipinski definition) is 15. The van der Waals surface area contributed by atoms with Crippen molar-refractivity contribution in [3.05, 3.63) is 95.8 Å². The third-order valence-corrected chi connectivity index (χ3v) is 14.7. The molecule has 5 aromatic rings. The molecule has 3 unspecified atom stereocenters. The average Bonchev–Trinajstić information content (AvgIpc) is 3.90. The maximum Gasteiger partial charge on any atom is 0.257 e. The molecule has 6 N–H and O–H groups in total. The first-order valence-electron chi connectivity index (χ1n) is 25.2. The van der Waals surface area contributed by atoms with Gasteiger partial charge in [0.25, 0.3) is 5.91 Å². The van der Waals surface area contributed by atoms with E-state index < -0.39 is 29.6 Å². The van der Waals surface area contributed by atoms with Gasteiger partial charge >= 0.3 is 0 Å². The van der Waals surface area contributed by atoms with E-state index in [2.05, 4.69) is 70.1 Å². The number of piperidine rings is 2. The summed E-state index contributed by atoms with van der Waals surface area (Å²) in [6, 6.07) is 22.1. The number of carbonyl (C=O) groups is 3. The molecule has 5 aliphatic rings. The molecular weight excluding hydrogens is 889 g/mol. The van der Waals surface area contributed by atoms with Crippen molar-refractivity contribution in [2.45, 2.75) is 114 Å². The molecule has 1 saturated carbocycles. The Balaban J connectivity index is 0.599. The Morgan fingerprint density at radius 1 is 0.786 bits per heavy atom. The van der Waals surface area contributed by atoms with Crippen molar-refractivity contribution in [1.29, 1.82) is 0 Å². The topological polar surface area (TPSA) is 220 Å². The van der Waals surface area contributed by atoms with Crippen molar-refractivity contribution in [3.63, 3.8) is 0 Å². The molecule has 4 aliphatic heterocycles. The summed E-state index contributed by atoms with van der Waals surface area (Å²) < 4.78 is 8.32. The van der Waals surface area contributed by atoms with E-state index in [1.807, 2.05) is 23.0 Å². The molecule has 70 heavy (non-hydrogen) atoms. The monoisotopic (exact) mass is 953 g/mol. The lowest BCUT2D eigenvalue weighted by Gasteiger charge is -2.37. The number of imide groups is 1. The zero-order chi connectivity index (χ0) is 48.2. The van der Waals surface area contributed by atoms with Crippen molar-refractivity contribution >= 4 is 40.6 Å². The number of aromatic nitrogens is 5. The molecule has 1 aliphatic carbocycles. The van der Waals surface area contributed by atoms with E-state index >= 15 is 0 Å². The predicted octanol–water partition coefficient (Wildman–Crippen LogP) is 5.98. The van der Waals surface area contributed by atoms with Crippen molar-refractivity contribution in [3.8, 4) is 22.8 Å². The molecule has 3 saturated heterocycles. The Kier molecular flexibility index (Phi) is 13.8. The van der Waals surface area contributed by atoms with E-state index in [9.17, 15) is 24.6 Å². The summed E-state index contributed by atoms with van der Waals surface area (Å²) in [7, 11) is 0. The van der Waals surface area contributed by atoms with Crippen LogP contribution in [-0.4, -0.2) is 121 Å². The van der Waals surface area contributed by atoms with Gasteiger partial charge in [-0.25, -0.2) is 0 Å². The minimum atomic E-state index is -1.31. The number of phenolic OH excluding ortho intramolecular Hbond substituents is 1. The number of nitrogens with two attached hydrogens (primary N) is 1. The van der Waals surface area contributed by atoms with Gasteiger partial charge in [-0.1, -0.05) is 55.5 Å². The number of amides is 3. The second-order valence-corrected chi connectivity index (χ2v) is 19.5. The van der Waals surface area contributed by atoms with Crippen LogP contribution >= 0.6 is 0 Å². The molecular formula is C52H64N12O6. The number of nitrogens with zero attached hydrogens (tertiary/aromatic N) is 9. The number of aliphatic hydroxyl groups excluding tert-OH is 1. The maximum atomic E-state index is 13.4. The molecule has 0 bridgehead atoms. The molecule has 6 heterocycles. The number of anilines is 4. The van der Waals surface area contributed by atoms with Crippen LogP contribution in [0.2, 0.25) is 0 Å². The second kappa shape index (κ2) is 20.7.